The standard InChI is InChI=1S/C18H14F3N3O/c1-24-8-7-22-17(24)16(11-3-2-4-12(19)9-11)23-18(25)14-10-13(20)5-6-15(14)21/h2-10,16H,1H3,(H,23,25). The minimum Gasteiger partial charge on any atom is -0.338 e. The molecule has 0 aliphatic heterocycles. The van der Waals surface area contributed by atoms with Crippen LogP contribution in [0.5, 0.6) is 0 Å². The van der Waals surface area contributed by atoms with Gasteiger partial charge in [-0.1, -0.05) is 12.1 Å². The summed E-state index contributed by atoms with van der Waals surface area (Å²) in [6, 6.07) is 7.42. The van der Waals surface area contributed by atoms with E-state index in [0.717, 1.165) is 18.2 Å². The molecule has 0 radical (unpaired) electrons. The second-order valence-corrected chi connectivity index (χ2v) is 5.48. The molecule has 4 nitrogen and oxygen atoms in total. The molecule has 0 aliphatic rings. The van der Waals surface area contributed by atoms with Crippen molar-refractivity contribution < 1.29 is 18.0 Å². The van der Waals surface area contributed by atoms with Gasteiger partial charge in [0.25, 0.3) is 5.91 Å². The molecule has 7 heteroatoms. The van der Waals surface area contributed by atoms with Crippen molar-refractivity contribution >= 4 is 5.91 Å². The van der Waals surface area contributed by atoms with E-state index in [-0.39, 0.29) is 0 Å². The molecule has 1 heterocycles. The van der Waals surface area contributed by atoms with Gasteiger partial charge in [0.1, 0.15) is 29.3 Å². The van der Waals surface area contributed by atoms with Gasteiger partial charge >= 0.3 is 0 Å². The van der Waals surface area contributed by atoms with Gasteiger partial charge in [-0.3, -0.25) is 4.79 Å². The molecule has 0 fully saturated rings. The lowest BCUT2D eigenvalue weighted by molar-refractivity contribution is 0.0936. The van der Waals surface area contributed by atoms with Crippen molar-refractivity contribution in [1.82, 2.24) is 14.9 Å². The number of aryl methyl sites for hydroxylation is 1. The van der Waals surface area contributed by atoms with Gasteiger partial charge in [0, 0.05) is 19.4 Å². The van der Waals surface area contributed by atoms with Gasteiger partial charge in [0.15, 0.2) is 0 Å². The van der Waals surface area contributed by atoms with E-state index < -0.39 is 35.0 Å². The van der Waals surface area contributed by atoms with E-state index in [9.17, 15) is 18.0 Å². The highest BCUT2D eigenvalue weighted by atomic mass is 19.1. The van der Waals surface area contributed by atoms with Crippen LogP contribution in [-0.2, 0) is 7.05 Å². The Hall–Kier alpha value is -3.09. The second kappa shape index (κ2) is 6.80. The van der Waals surface area contributed by atoms with Crippen LogP contribution in [0.4, 0.5) is 13.2 Å². The Morgan fingerprint density at radius 3 is 2.56 bits per heavy atom. The van der Waals surface area contributed by atoms with Crippen LogP contribution in [0.15, 0.2) is 54.9 Å². The Balaban J connectivity index is 2.00. The van der Waals surface area contributed by atoms with Crippen LogP contribution in [0, 0.1) is 17.5 Å². The number of rotatable bonds is 4. The Kier molecular flexibility index (Phi) is 4.56. The normalized spacial score (nSPS) is 12.0. The van der Waals surface area contributed by atoms with Crippen molar-refractivity contribution in [2.24, 2.45) is 7.05 Å². The molecule has 0 saturated carbocycles. The molecule has 0 aliphatic carbocycles. The highest BCUT2D eigenvalue weighted by Gasteiger charge is 2.23. The number of amides is 1. The SMILES string of the molecule is Cn1ccnc1C(NC(=O)c1cc(F)ccc1F)c1cccc(F)c1. The number of nitrogens with zero attached hydrogens (tertiary/aromatic N) is 2. The first-order valence-electron chi connectivity index (χ1n) is 7.44. The number of hydrogen-bond acceptors (Lipinski definition) is 2. The number of carbonyl (C=O) groups excluding carboxylic acids is 1. The number of hydrogen-bond donors (Lipinski definition) is 1. The third kappa shape index (κ3) is 3.55. The van der Waals surface area contributed by atoms with Gasteiger partial charge in [-0.2, -0.15) is 0 Å². The fourth-order valence-electron chi connectivity index (χ4n) is 2.52. The number of carbonyl (C=O) groups is 1. The Morgan fingerprint density at radius 2 is 1.88 bits per heavy atom. The number of imidazole rings is 1. The maximum Gasteiger partial charge on any atom is 0.255 e. The van der Waals surface area contributed by atoms with Crippen molar-refractivity contribution in [3.8, 4) is 0 Å². The van der Waals surface area contributed by atoms with Gasteiger partial charge in [-0.05, 0) is 35.9 Å². The molecule has 1 N–H and O–H groups in total. The van der Waals surface area contributed by atoms with E-state index in [2.05, 4.69) is 10.3 Å². The zero-order valence-electron chi connectivity index (χ0n) is 13.2. The lowest BCUT2D eigenvalue weighted by atomic mass is 10.0. The van der Waals surface area contributed by atoms with Crippen LogP contribution in [0.3, 0.4) is 0 Å². The maximum absolute atomic E-state index is 13.9. The molecular formula is C18H14F3N3O. The Labute approximate surface area is 141 Å². The number of halogens is 3. The third-order valence-corrected chi connectivity index (χ3v) is 3.75. The molecule has 2 aromatic carbocycles. The minimum atomic E-state index is -0.850. The van der Waals surface area contributed by atoms with Crippen LogP contribution in [-0.4, -0.2) is 15.5 Å². The Morgan fingerprint density at radius 1 is 1.12 bits per heavy atom. The van der Waals surface area contributed by atoms with Gasteiger partial charge in [0.2, 0.25) is 0 Å². The summed E-state index contributed by atoms with van der Waals surface area (Å²) < 4.78 is 42.4. The molecule has 1 amide bonds. The summed E-state index contributed by atoms with van der Waals surface area (Å²) in [4.78, 5) is 16.6. The van der Waals surface area contributed by atoms with Gasteiger partial charge < -0.3 is 9.88 Å². The molecule has 1 unspecified atom stereocenters. The summed E-state index contributed by atoms with van der Waals surface area (Å²) in [6.45, 7) is 0. The zero-order chi connectivity index (χ0) is 18.0. The van der Waals surface area contributed by atoms with Crippen LogP contribution < -0.4 is 5.32 Å². The first-order valence-corrected chi connectivity index (χ1v) is 7.44. The molecule has 25 heavy (non-hydrogen) atoms. The number of aromatic nitrogens is 2. The quantitative estimate of drug-likeness (QED) is 0.788. The molecule has 0 spiro atoms. The van der Waals surface area contributed by atoms with E-state index in [1.54, 1.807) is 23.9 Å². The molecule has 3 rings (SSSR count). The van der Waals surface area contributed by atoms with Gasteiger partial charge in [-0.15, -0.1) is 0 Å². The van der Waals surface area contributed by atoms with Crippen LogP contribution >= 0.6 is 0 Å². The van der Waals surface area contributed by atoms with Crippen molar-refractivity contribution in [2.45, 2.75) is 6.04 Å². The first-order chi connectivity index (χ1) is 12.0. The molecule has 0 saturated heterocycles. The van der Waals surface area contributed by atoms with Crippen LogP contribution in [0.25, 0.3) is 0 Å². The van der Waals surface area contributed by atoms with Crippen molar-refractivity contribution in [3.05, 3.63) is 89.3 Å². The third-order valence-electron chi connectivity index (χ3n) is 3.75. The molecular weight excluding hydrogens is 331 g/mol. The van der Waals surface area contributed by atoms with E-state index in [4.69, 9.17) is 0 Å². The summed E-state index contributed by atoms with van der Waals surface area (Å²) in [7, 11) is 1.71. The number of benzene rings is 2. The fraction of sp³-hybridized carbons (Fsp3) is 0.111. The van der Waals surface area contributed by atoms with E-state index in [0.29, 0.717) is 11.4 Å². The fourth-order valence-corrected chi connectivity index (χ4v) is 2.52. The summed E-state index contributed by atoms with van der Waals surface area (Å²) in [5, 5.41) is 2.59. The topological polar surface area (TPSA) is 46.9 Å². The monoisotopic (exact) mass is 345 g/mol. The molecule has 1 aromatic heterocycles. The van der Waals surface area contributed by atoms with Crippen LogP contribution in [0.2, 0.25) is 0 Å². The van der Waals surface area contributed by atoms with Gasteiger partial charge in [-0.25, -0.2) is 18.2 Å². The summed E-state index contributed by atoms with van der Waals surface area (Å²) in [5.41, 5.74) is -0.00456. The summed E-state index contributed by atoms with van der Waals surface area (Å²) in [6.07, 6.45) is 3.19. The lowest BCUT2D eigenvalue weighted by Gasteiger charge is -2.19. The van der Waals surface area contributed by atoms with E-state index in [1.807, 2.05) is 0 Å². The second-order valence-electron chi connectivity index (χ2n) is 5.48. The molecule has 1 atom stereocenters. The highest BCUT2D eigenvalue weighted by Crippen LogP contribution is 2.22. The molecule has 128 valence electrons. The minimum absolute atomic E-state index is 0.427. The lowest BCUT2D eigenvalue weighted by Crippen LogP contribution is -2.31. The predicted molar refractivity (Wildman–Crippen MR) is 85.3 cm³/mol. The van der Waals surface area contributed by atoms with E-state index >= 15 is 0 Å². The summed E-state index contributed by atoms with van der Waals surface area (Å²) >= 11 is 0. The average Bonchev–Trinajstić information content (AvgIpc) is 3.00. The molecule has 3 aromatic rings. The van der Waals surface area contributed by atoms with Crippen molar-refractivity contribution in [3.63, 3.8) is 0 Å². The van der Waals surface area contributed by atoms with Crippen molar-refractivity contribution in [1.29, 1.82) is 0 Å². The van der Waals surface area contributed by atoms with Crippen molar-refractivity contribution in [2.75, 3.05) is 0 Å². The smallest absolute Gasteiger partial charge is 0.255 e. The van der Waals surface area contributed by atoms with Gasteiger partial charge in [0.05, 0.1) is 5.56 Å². The Bertz CT molecular complexity index is 923. The number of nitrogens with one attached hydrogen (secondary N) is 1. The first kappa shape index (κ1) is 16.8. The van der Waals surface area contributed by atoms with Crippen LogP contribution in [0.1, 0.15) is 27.8 Å². The highest BCUT2D eigenvalue weighted by molar-refractivity contribution is 5.94. The predicted octanol–water partition coefficient (Wildman–Crippen LogP) is 3.36. The average molecular weight is 345 g/mol. The zero-order valence-corrected chi connectivity index (χ0v) is 13.2. The maximum atomic E-state index is 13.9. The molecule has 0 bridgehead atoms. The summed E-state index contributed by atoms with van der Waals surface area (Å²) in [5.74, 6) is -2.46. The largest absolute Gasteiger partial charge is 0.338 e. The van der Waals surface area contributed by atoms with E-state index in [1.165, 1.54) is 24.4 Å².